The number of aliphatic hydroxyl groups excluding tert-OH is 1. The molecule has 0 spiro atoms. The number of hydrogen-bond donors (Lipinski definition) is 1. The lowest BCUT2D eigenvalue weighted by Crippen LogP contribution is -2.13. The van der Waals surface area contributed by atoms with Crippen LogP contribution in [-0.4, -0.2) is 28.8 Å². The molecular formula is C11H18N2O2. The molecule has 1 heterocycles. The van der Waals surface area contributed by atoms with Gasteiger partial charge in [-0.3, -0.25) is 9.97 Å². The third-order valence-corrected chi connectivity index (χ3v) is 2.42. The molecule has 84 valence electrons. The van der Waals surface area contributed by atoms with Crippen LogP contribution in [0.3, 0.4) is 0 Å². The molecule has 0 aliphatic rings. The summed E-state index contributed by atoms with van der Waals surface area (Å²) in [5.41, 5.74) is 1.49. The molecule has 0 saturated heterocycles. The fourth-order valence-electron chi connectivity index (χ4n) is 1.31. The van der Waals surface area contributed by atoms with Crippen molar-refractivity contribution in [3.63, 3.8) is 0 Å². The molecule has 0 aromatic carbocycles. The average Bonchev–Trinajstić information content (AvgIpc) is 2.26. The number of ether oxygens (including phenoxy) is 1. The highest BCUT2D eigenvalue weighted by Crippen LogP contribution is 2.21. The van der Waals surface area contributed by atoms with Crippen molar-refractivity contribution in [1.29, 1.82) is 0 Å². The minimum Gasteiger partial charge on any atom is -0.386 e. The maximum Gasteiger partial charge on any atom is 0.100 e. The zero-order valence-electron chi connectivity index (χ0n) is 9.47. The van der Waals surface area contributed by atoms with E-state index in [-0.39, 0.29) is 5.92 Å². The summed E-state index contributed by atoms with van der Waals surface area (Å²) in [5.74, 6) is 0.127. The third-order valence-electron chi connectivity index (χ3n) is 2.42. The van der Waals surface area contributed by atoms with E-state index in [0.717, 1.165) is 12.1 Å². The standard InChI is InChI=1S/C11H18N2O2/c1-8(4-5-15-3)11(14)10-7-12-9(2)6-13-10/h6-8,11,14H,4-5H2,1-3H3. The first-order valence-electron chi connectivity index (χ1n) is 5.10. The molecule has 1 N–H and O–H groups in total. The fourth-order valence-corrected chi connectivity index (χ4v) is 1.31. The van der Waals surface area contributed by atoms with Crippen molar-refractivity contribution in [3.8, 4) is 0 Å². The Morgan fingerprint density at radius 1 is 1.40 bits per heavy atom. The van der Waals surface area contributed by atoms with Crippen LogP contribution >= 0.6 is 0 Å². The quantitative estimate of drug-likeness (QED) is 0.800. The zero-order valence-corrected chi connectivity index (χ0v) is 9.47. The fraction of sp³-hybridized carbons (Fsp3) is 0.636. The first kappa shape index (κ1) is 12.1. The van der Waals surface area contributed by atoms with Gasteiger partial charge in [-0.25, -0.2) is 0 Å². The van der Waals surface area contributed by atoms with Gasteiger partial charge in [0, 0.05) is 19.9 Å². The predicted molar refractivity (Wildman–Crippen MR) is 57.4 cm³/mol. The molecule has 1 aromatic heterocycles. The van der Waals surface area contributed by atoms with Gasteiger partial charge in [0.05, 0.1) is 17.6 Å². The Hall–Kier alpha value is -1.00. The van der Waals surface area contributed by atoms with Crippen molar-refractivity contribution < 1.29 is 9.84 Å². The normalized spacial score (nSPS) is 14.9. The largest absolute Gasteiger partial charge is 0.386 e. The van der Waals surface area contributed by atoms with E-state index in [4.69, 9.17) is 4.74 Å². The van der Waals surface area contributed by atoms with Gasteiger partial charge in [-0.2, -0.15) is 0 Å². The van der Waals surface area contributed by atoms with Gasteiger partial charge < -0.3 is 9.84 Å². The highest BCUT2D eigenvalue weighted by molar-refractivity contribution is 5.04. The van der Waals surface area contributed by atoms with Crippen molar-refractivity contribution in [2.75, 3.05) is 13.7 Å². The molecule has 2 atom stereocenters. The van der Waals surface area contributed by atoms with E-state index in [1.807, 2.05) is 13.8 Å². The molecular weight excluding hydrogens is 192 g/mol. The predicted octanol–water partition coefficient (Wildman–Crippen LogP) is 1.49. The summed E-state index contributed by atoms with van der Waals surface area (Å²) in [5, 5.41) is 9.95. The Balaban J connectivity index is 2.59. The Labute approximate surface area is 90.3 Å². The lowest BCUT2D eigenvalue weighted by atomic mass is 9.99. The van der Waals surface area contributed by atoms with Crippen LogP contribution in [-0.2, 0) is 4.74 Å². The third kappa shape index (κ3) is 3.57. The van der Waals surface area contributed by atoms with Gasteiger partial charge in [-0.15, -0.1) is 0 Å². The Kier molecular flexibility index (Phi) is 4.65. The van der Waals surface area contributed by atoms with Crippen LogP contribution in [0.2, 0.25) is 0 Å². The summed E-state index contributed by atoms with van der Waals surface area (Å²) in [6.45, 7) is 4.50. The summed E-state index contributed by atoms with van der Waals surface area (Å²) >= 11 is 0. The molecule has 0 aliphatic carbocycles. The Bertz CT molecular complexity index is 287. The van der Waals surface area contributed by atoms with E-state index in [0.29, 0.717) is 12.3 Å². The second-order valence-electron chi connectivity index (χ2n) is 3.79. The van der Waals surface area contributed by atoms with Crippen LogP contribution in [0, 0.1) is 12.8 Å². The van der Waals surface area contributed by atoms with Gasteiger partial charge in [-0.1, -0.05) is 6.92 Å². The van der Waals surface area contributed by atoms with Crippen molar-refractivity contribution in [2.45, 2.75) is 26.4 Å². The number of aromatic nitrogens is 2. The van der Waals surface area contributed by atoms with E-state index in [1.165, 1.54) is 0 Å². The highest BCUT2D eigenvalue weighted by atomic mass is 16.5. The van der Waals surface area contributed by atoms with E-state index in [2.05, 4.69) is 9.97 Å². The van der Waals surface area contributed by atoms with Gasteiger partial charge in [-0.05, 0) is 19.3 Å². The van der Waals surface area contributed by atoms with Crippen LogP contribution in [0.15, 0.2) is 12.4 Å². The second kappa shape index (κ2) is 5.78. The van der Waals surface area contributed by atoms with Gasteiger partial charge in [0.1, 0.15) is 6.10 Å². The SMILES string of the molecule is COCCC(C)C(O)c1cnc(C)cn1. The number of rotatable bonds is 5. The lowest BCUT2D eigenvalue weighted by Gasteiger charge is -2.17. The van der Waals surface area contributed by atoms with Crippen molar-refractivity contribution in [3.05, 3.63) is 23.8 Å². The number of methoxy groups -OCH3 is 1. The Morgan fingerprint density at radius 2 is 2.13 bits per heavy atom. The zero-order chi connectivity index (χ0) is 11.3. The van der Waals surface area contributed by atoms with E-state index in [1.54, 1.807) is 19.5 Å². The van der Waals surface area contributed by atoms with E-state index in [9.17, 15) is 5.11 Å². The van der Waals surface area contributed by atoms with Crippen LogP contribution in [0.1, 0.15) is 30.8 Å². The molecule has 0 bridgehead atoms. The summed E-state index contributed by atoms with van der Waals surface area (Å²) in [6.07, 6.45) is 3.55. The van der Waals surface area contributed by atoms with Crippen LogP contribution in [0.4, 0.5) is 0 Å². The van der Waals surface area contributed by atoms with Crippen molar-refractivity contribution >= 4 is 0 Å². The van der Waals surface area contributed by atoms with Crippen LogP contribution in [0.5, 0.6) is 0 Å². The molecule has 15 heavy (non-hydrogen) atoms. The molecule has 0 fully saturated rings. The smallest absolute Gasteiger partial charge is 0.100 e. The molecule has 2 unspecified atom stereocenters. The minimum absolute atomic E-state index is 0.127. The molecule has 4 heteroatoms. The van der Waals surface area contributed by atoms with Gasteiger partial charge in [0.25, 0.3) is 0 Å². The van der Waals surface area contributed by atoms with E-state index >= 15 is 0 Å². The Morgan fingerprint density at radius 3 is 2.67 bits per heavy atom. The lowest BCUT2D eigenvalue weighted by molar-refractivity contribution is 0.0851. The highest BCUT2D eigenvalue weighted by Gasteiger charge is 2.17. The molecule has 0 radical (unpaired) electrons. The van der Waals surface area contributed by atoms with E-state index < -0.39 is 6.10 Å². The molecule has 1 aromatic rings. The van der Waals surface area contributed by atoms with Crippen molar-refractivity contribution in [2.24, 2.45) is 5.92 Å². The molecule has 1 rings (SSSR count). The van der Waals surface area contributed by atoms with Gasteiger partial charge in [0.2, 0.25) is 0 Å². The number of aliphatic hydroxyl groups is 1. The molecule has 0 saturated carbocycles. The van der Waals surface area contributed by atoms with Crippen molar-refractivity contribution in [1.82, 2.24) is 9.97 Å². The van der Waals surface area contributed by atoms with Crippen LogP contribution in [0.25, 0.3) is 0 Å². The molecule has 4 nitrogen and oxygen atoms in total. The molecule has 0 aliphatic heterocycles. The minimum atomic E-state index is -0.562. The summed E-state index contributed by atoms with van der Waals surface area (Å²) in [4.78, 5) is 8.26. The monoisotopic (exact) mass is 210 g/mol. The summed E-state index contributed by atoms with van der Waals surface area (Å²) in [6, 6.07) is 0. The first-order chi connectivity index (χ1) is 7.15. The number of aryl methyl sites for hydroxylation is 1. The average molecular weight is 210 g/mol. The topological polar surface area (TPSA) is 55.2 Å². The van der Waals surface area contributed by atoms with Gasteiger partial charge in [0.15, 0.2) is 0 Å². The summed E-state index contributed by atoms with van der Waals surface area (Å²) in [7, 11) is 1.66. The molecule has 0 amide bonds. The van der Waals surface area contributed by atoms with Crippen LogP contribution < -0.4 is 0 Å². The number of nitrogens with zero attached hydrogens (tertiary/aromatic N) is 2. The first-order valence-corrected chi connectivity index (χ1v) is 5.10. The maximum absolute atomic E-state index is 9.95. The maximum atomic E-state index is 9.95. The number of hydrogen-bond acceptors (Lipinski definition) is 4. The van der Waals surface area contributed by atoms with Gasteiger partial charge >= 0.3 is 0 Å². The summed E-state index contributed by atoms with van der Waals surface area (Å²) < 4.78 is 4.97. The second-order valence-corrected chi connectivity index (χ2v) is 3.79.